The van der Waals surface area contributed by atoms with E-state index in [-0.39, 0.29) is 78.1 Å². The third-order valence-corrected chi connectivity index (χ3v) is 23.2. The highest BCUT2D eigenvalue weighted by atomic mass is 32.2. The molecule has 0 aliphatic rings. The molecule has 6 atom stereocenters. The average molecular weight is 1130 g/mol. The van der Waals surface area contributed by atoms with Gasteiger partial charge in [-0.05, 0) is 86.2 Å². The summed E-state index contributed by atoms with van der Waals surface area (Å²) < 4.78 is 98.5. The van der Waals surface area contributed by atoms with Crippen molar-refractivity contribution in [1.29, 1.82) is 0 Å². The van der Waals surface area contributed by atoms with Gasteiger partial charge in [-0.1, -0.05) is 217 Å². The summed E-state index contributed by atoms with van der Waals surface area (Å²) >= 11 is 0. The second kappa shape index (κ2) is 32.4. The Labute approximate surface area is 471 Å². The molecule has 1 N–H and O–H groups in total. The van der Waals surface area contributed by atoms with Crippen LogP contribution in [0.3, 0.4) is 0 Å². The van der Waals surface area contributed by atoms with Gasteiger partial charge in [0.2, 0.25) is 30.1 Å². The zero-order valence-electron chi connectivity index (χ0n) is 50.6. The number of aromatic hydroxyl groups is 1. The van der Waals surface area contributed by atoms with Gasteiger partial charge in [0, 0.05) is 58.0 Å². The lowest BCUT2D eigenvalue weighted by atomic mass is 9.90. The quantitative estimate of drug-likeness (QED) is 0.0437. The van der Waals surface area contributed by atoms with Gasteiger partial charge >= 0.3 is 0 Å². The van der Waals surface area contributed by atoms with Crippen molar-refractivity contribution < 1.29 is 30.4 Å². The van der Waals surface area contributed by atoms with E-state index in [1.807, 2.05) is 30.3 Å². The molecular formula is C64H109N3O7S3. The van der Waals surface area contributed by atoms with Crippen LogP contribution in [0.1, 0.15) is 237 Å². The predicted molar refractivity (Wildman–Crippen MR) is 335 cm³/mol. The Kier molecular flexibility index (Phi) is 28.0. The number of benzene rings is 4. The second-order valence-electron chi connectivity index (χ2n) is 23.3. The zero-order chi connectivity index (χ0) is 56.9. The molecule has 0 aliphatic heterocycles. The largest absolute Gasteiger partial charge is 0.507 e. The standard InChI is InChI=1S/C64H109N3O7S3/c1-13-25-31-49(19-7)43-65(75(69,70)46-52(22-10)34-28-16-4)59-41-60(66(44-50(20-8)32-26-14-2)76(71,72)47-53(23-11)35-29-17-5)56-39-40-58-62(68)42-61(57-38-37-55(59)63(56)64(57)58)67(45-51(21-9)33-27-15-3)77(73,74)48-54(24-12)36-30-18-6/h37-42,49-54,68H,13-36,43-48H2,1-12H3. The van der Waals surface area contributed by atoms with Crippen LogP contribution in [0.25, 0.3) is 32.3 Å². The van der Waals surface area contributed by atoms with Crippen LogP contribution >= 0.6 is 0 Å². The van der Waals surface area contributed by atoms with Gasteiger partial charge in [0.25, 0.3) is 0 Å². The monoisotopic (exact) mass is 1130 g/mol. The molecule has 0 heterocycles. The summed E-state index contributed by atoms with van der Waals surface area (Å²) in [5.74, 6) is -0.111. The molecule has 0 radical (unpaired) electrons. The number of rotatable bonds is 42. The molecule has 0 aromatic heterocycles. The first-order valence-electron chi connectivity index (χ1n) is 31.3. The second-order valence-corrected chi connectivity index (χ2v) is 29.1. The van der Waals surface area contributed by atoms with Gasteiger partial charge in [-0.25, -0.2) is 25.3 Å². The first-order chi connectivity index (χ1) is 36.8. The molecule has 4 aromatic rings. The molecule has 13 heteroatoms. The first-order valence-corrected chi connectivity index (χ1v) is 36.1. The maximum absolute atomic E-state index is 15.7. The minimum Gasteiger partial charge on any atom is -0.507 e. The average Bonchev–Trinajstić information content (AvgIpc) is 3.41. The normalized spacial score (nSPS) is 15.1. The molecule has 10 nitrogen and oxygen atoms in total. The molecule has 4 rings (SSSR count). The number of hydrogen-bond donors (Lipinski definition) is 1. The minimum absolute atomic E-state index is 0.00827. The minimum atomic E-state index is -4.03. The molecule has 0 fully saturated rings. The van der Waals surface area contributed by atoms with E-state index in [1.54, 1.807) is 19.0 Å². The van der Waals surface area contributed by atoms with Crippen molar-refractivity contribution in [3.8, 4) is 5.75 Å². The fourth-order valence-electron chi connectivity index (χ4n) is 11.9. The molecule has 440 valence electrons. The molecule has 0 aliphatic carbocycles. The summed E-state index contributed by atoms with van der Waals surface area (Å²) in [6.07, 6.45) is 21.1. The lowest BCUT2D eigenvalue weighted by Gasteiger charge is -2.35. The summed E-state index contributed by atoms with van der Waals surface area (Å²) in [7, 11) is -12.0. The van der Waals surface area contributed by atoms with E-state index in [2.05, 4.69) is 83.1 Å². The summed E-state index contributed by atoms with van der Waals surface area (Å²) in [5, 5.41) is 16.2. The van der Waals surface area contributed by atoms with Crippen molar-refractivity contribution in [3.05, 3.63) is 36.4 Å². The lowest BCUT2D eigenvalue weighted by molar-refractivity contribution is 0.452. The van der Waals surface area contributed by atoms with E-state index in [9.17, 15) is 5.11 Å². The van der Waals surface area contributed by atoms with Gasteiger partial charge in [-0.15, -0.1) is 0 Å². The molecule has 4 aromatic carbocycles. The maximum atomic E-state index is 15.7. The van der Waals surface area contributed by atoms with E-state index in [0.717, 1.165) is 154 Å². The van der Waals surface area contributed by atoms with Crippen molar-refractivity contribution >= 4 is 79.4 Å². The van der Waals surface area contributed by atoms with Gasteiger partial charge in [0.15, 0.2) is 0 Å². The maximum Gasteiger partial charge on any atom is 0.235 e. The molecule has 6 unspecified atom stereocenters. The topological polar surface area (TPSA) is 132 Å². The first kappa shape index (κ1) is 66.5. The Morgan fingerprint density at radius 2 is 0.584 bits per heavy atom. The zero-order valence-corrected chi connectivity index (χ0v) is 53.1. The molecule has 0 bridgehead atoms. The molecule has 0 amide bonds. The number of anilines is 3. The van der Waals surface area contributed by atoms with Gasteiger partial charge in [-0.2, -0.15) is 0 Å². The number of unbranched alkanes of at least 4 members (excludes halogenated alkanes) is 6. The van der Waals surface area contributed by atoms with Crippen molar-refractivity contribution in [1.82, 2.24) is 0 Å². The smallest absolute Gasteiger partial charge is 0.235 e. The summed E-state index contributed by atoms with van der Waals surface area (Å²) in [4.78, 5) is 0. The molecule has 0 saturated heterocycles. The Morgan fingerprint density at radius 3 is 0.844 bits per heavy atom. The predicted octanol–water partition coefficient (Wildman–Crippen LogP) is 18.0. The Bertz CT molecular complexity index is 2600. The highest BCUT2D eigenvalue weighted by Crippen LogP contribution is 2.50. The number of phenolic OH excluding ortho intramolecular Hbond substituents is 1. The van der Waals surface area contributed by atoms with Crippen LogP contribution in [0, 0.1) is 35.5 Å². The summed E-state index contributed by atoms with van der Waals surface area (Å²) in [6, 6.07) is 11.2. The Hall–Kier alpha value is -3.03. The summed E-state index contributed by atoms with van der Waals surface area (Å²) in [6.45, 7) is 26.3. The van der Waals surface area contributed by atoms with Crippen molar-refractivity contribution in [2.45, 2.75) is 237 Å². The Morgan fingerprint density at radius 1 is 0.351 bits per heavy atom. The van der Waals surface area contributed by atoms with E-state index in [0.29, 0.717) is 49.4 Å². The van der Waals surface area contributed by atoms with Crippen LogP contribution < -0.4 is 12.9 Å². The van der Waals surface area contributed by atoms with E-state index in [4.69, 9.17) is 0 Å². The third kappa shape index (κ3) is 17.7. The molecule has 77 heavy (non-hydrogen) atoms. The van der Waals surface area contributed by atoms with Crippen molar-refractivity contribution in [3.63, 3.8) is 0 Å². The van der Waals surface area contributed by atoms with Crippen molar-refractivity contribution in [2.24, 2.45) is 35.5 Å². The third-order valence-electron chi connectivity index (χ3n) is 17.5. The van der Waals surface area contributed by atoms with Crippen LogP contribution in [0.15, 0.2) is 36.4 Å². The molecule has 0 spiro atoms. The molecular weight excluding hydrogens is 1020 g/mol. The van der Waals surface area contributed by atoms with Crippen LogP contribution in [-0.4, -0.2) is 67.3 Å². The SMILES string of the molecule is CCCCC(CC)CN(c1cc(O)c2ccc3c(N(CC(CC)CCCC)S(=O)(=O)CC(CC)CCCC)cc(N(CC(CC)CCCC)S(=O)(=O)CC(CC)CCCC)c4ccc1c2c34)S(=O)(=O)CC(CC)CCCC. The van der Waals surface area contributed by atoms with Gasteiger partial charge in [0.1, 0.15) is 5.75 Å². The fourth-order valence-corrected chi connectivity index (χ4v) is 18.1. The van der Waals surface area contributed by atoms with E-state index < -0.39 is 30.1 Å². The van der Waals surface area contributed by atoms with Gasteiger partial charge in [-0.3, -0.25) is 12.9 Å². The van der Waals surface area contributed by atoms with Crippen LogP contribution in [-0.2, 0) is 30.1 Å². The fraction of sp³-hybridized carbons (Fsp3) is 0.750. The summed E-state index contributed by atoms with van der Waals surface area (Å²) in [5.41, 5.74) is 1.30. The molecule has 0 saturated carbocycles. The van der Waals surface area contributed by atoms with Crippen LogP contribution in [0.4, 0.5) is 17.1 Å². The number of nitrogens with zero attached hydrogens (tertiary/aromatic N) is 3. The Balaban J connectivity index is 2.34. The van der Waals surface area contributed by atoms with Crippen LogP contribution in [0.5, 0.6) is 5.75 Å². The van der Waals surface area contributed by atoms with Gasteiger partial charge < -0.3 is 5.11 Å². The highest BCUT2D eigenvalue weighted by molar-refractivity contribution is 7.93. The number of hydrogen-bond acceptors (Lipinski definition) is 7. The van der Waals surface area contributed by atoms with Crippen molar-refractivity contribution in [2.75, 3.05) is 49.8 Å². The number of sulfonamides is 3. The van der Waals surface area contributed by atoms with Crippen LogP contribution in [0.2, 0.25) is 0 Å². The lowest BCUT2D eigenvalue weighted by Crippen LogP contribution is -2.40. The number of phenols is 1. The van der Waals surface area contributed by atoms with E-state index >= 15 is 25.3 Å². The highest BCUT2D eigenvalue weighted by Gasteiger charge is 2.36. The van der Waals surface area contributed by atoms with Gasteiger partial charge in [0.05, 0.1) is 34.3 Å². The van der Waals surface area contributed by atoms with E-state index in [1.165, 1.54) is 0 Å².